The van der Waals surface area contributed by atoms with Gasteiger partial charge in [-0.1, -0.05) is 5.16 Å². The van der Waals surface area contributed by atoms with Gasteiger partial charge in [0.2, 0.25) is 0 Å². The van der Waals surface area contributed by atoms with Crippen LogP contribution in [0.25, 0.3) is 22.1 Å². The number of carbonyl (C=O) groups excluding carboxylic acids is 1. The van der Waals surface area contributed by atoms with Crippen LogP contribution in [0.15, 0.2) is 50.1 Å². The fourth-order valence-corrected chi connectivity index (χ4v) is 4.44. The lowest BCUT2D eigenvalue weighted by Gasteiger charge is -2.31. The van der Waals surface area contributed by atoms with E-state index in [0.29, 0.717) is 34.8 Å². The standard InChI is InChI=1S/C24H24FN3O5/c1-15(29)17-3-6-20-22(13-17)32-24(30)28(20)31-12-2-9-27-10-7-16(8-11-27)23-19-5-4-18(25)14-21(19)33-26-23/h3-6,13-14,16H,2,7-12H2,1H3. The van der Waals surface area contributed by atoms with Gasteiger partial charge in [-0.3, -0.25) is 4.79 Å². The fourth-order valence-electron chi connectivity index (χ4n) is 4.44. The van der Waals surface area contributed by atoms with Crippen LogP contribution >= 0.6 is 0 Å². The molecule has 0 spiro atoms. The topological polar surface area (TPSA) is 90.7 Å². The molecule has 4 aromatic rings. The molecule has 1 aliphatic rings. The van der Waals surface area contributed by atoms with Crippen molar-refractivity contribution in [2.45, 2.75) is 32.1 Å². The van der Waals surface area contributed by atoms with Crippen molar-refractivity contribution in [3.8, 4) is 0 Å². The number of carbonyl (C=O) groups is 1. The van der Waals surface area contributed by atoms with Crippen LogP contribution in [-0.2, 0) is 0 Å². The maximum Gasteiger partial charge on any atom is 0.453 e. The second kappa shape index (κ2) is 8.82. The number of likely N-dealkylation sites (tertiary alicyclic amines) is 1. The van der Waals surface area contributed by atoms with E-state index in [2.05, 4.69) is 10.1 Å². The molecule has 0 unspecified atom stereocenters. The van der Waals surface area contributed by atoms with Crippen LogP contribution in [0.2, 0.25) is 0 Å². The van der Waals surface area contributed by atoms with Crippen LogP contribution < -0.4 is 10.6 Å². The normalized spacial score (nSPS) is 15.5. The zero-order valence-corrected chi connectivity index (χ0v) is 18.3. The maximum atomic E-state index is 13.4. The third-order valence-electron chi connectivity index (χ3n) is 6.22. The molecule has 0 N–H and O–H groups in total. The molecule has 8 nitrogen and oxygen atoms in total. The highest BCUT2D eigenvalue weighted by Gasteiger charge is 2.25. The Bertz CT molecular complexity index is 1360. The van der Waals surface area contributed by atoms with E-state index >= 15 is 0 Å². The Labute approximate surface area is 188 Å². The Morgan fingerprint density at radius 2 is 2.00 bits per heavy atom. The molecule has 33 heavy (non-hydrogen) atoms. The molecule has 5 rings (SSSR count). The minimum Gasteiger partial charge on any atom is -0.408 e. The number of hydrogen-bond donors (Lipinski definition) is 0. The first-order valence-corrected chi connectivity index (χ1v) is 11.1. The highest BCUT2D eigenvalue weighted by molar-refractivity contribution is 5.96. The number of fused-ring (bicyclic) bond motifs is 2. The van der Waals surface area contributed by atoms with Crippen molar-refractivity contribution in [3.05, 3.63) is 64.0 Å². The van der Waals surface area contributed by atoms with E-state index in [1.807, 2.05) is 0 Å². The molecule has 2 aromatic carbocycles. The van der Waals surface area contributed by atoms with Gasteiger partial charge in [-0.05, 0) is 69.6 Å². The van der Waals surface area contributed by atoms with E-state index < -0.39 is 5.76 Å². The molecular weight excluding hydrogens is 429 g/mol. The average Bonchev–Trinajstić information content (AvgIpc) is 3.36. The van der Waals surface area contributed by atoms with Crippen molar-refractivity contribution in [2.24, 2.45) is 0 Å². The summed E-state index contributed by atoms with van der Waals surface area (Å²) >= 11 is 0. The predicted octanol–water partition coefficient (Wildman–Crippen LogP) is 3.78. The second-order valence-corrected chi connectivity index (χ2v) is 8.41. The molecule has 0 atom stereocenters. The summed E-state index contributed by atoms with van der Waals surface area (Å²) < 4.78 is 25.0. The summed E-state index contributed by atoms with van der Waals surface area (Å²) in [7, 11) is 0. The lowest BCUT2D eigenvalue weighted by atomic mass is 9.91. The molecule has 0 radical (unpaired) electrons. The van der Waals surface area contributed by atoms with Crippen molar-refractivity contribution in [2.75, 3.05) is 26.2 Å². The zero-order chi connectivity index (χ0) is 22.9. The first kappa shape index (κ1) is 21.4. The van der Waals surface area contributed by atoms with Gasteiger partial charge in [0.1, 0.15) is 17.9 Å². The number of oxazole rings is 1. The van der Waals surface area contributed by atoms with Crippen LogP contribution in [0.5, 0.6) is 0 Å². The number of nitrogens with zero attached hydrogens (tertiary/aromatic N) is 3. The average molecular weight is 453 g/mol. The highest BCUT2D eigenvalue weighted by Crippen LogP contribution is 2.32. The number of aromatic nitrogens is 2. The summed E-state index contributed by atoms with van der Waals surface area (Å²) in [5.74, 6) is -0.734. The summed E-state index contributed by atoms with van der Waals surface area (Å²) in [5.41, 5.74) is 2.72. The molecule has 1 saturated heterocycles. The monoisotopic (exact) mass is 453 g/mol. The van der Waals surface area contributed by atoms with E-state index in [0.717, 1.165) is 54.7 Å². The Hall–Kier alpha value is -3.46. The summed E-state index contributed by atoms with van der Waals surface area (Å²) in [6, 6.07) is 9.41. The molecule has 172 valence electrons. The van der Waals surface area contributed by atoms with Crippen molar-refractivity contribution in [1.82, 2.24) is 14.8 Å². The van der Waals surface area contributed by atoms with Gasteiger partial charge in [-0.2, -0.15) is 0 Å². The second-order valence-electron chi connectivity index (χ2n) is 8.41. The number of benzene rings is 2. The Morgan fingerprint density at radius 1 is 1.18 bits per heavy atom. The van der Waals surface area contributed by atoms with Gasteiger partial charge in [-0.25, -0.2) is 9.18 Å². The molecule has 1 aliphatic heterocycles. The number of halogens is 1. The fraction of sp³-hybridized carbons (Fsp3) is 0.375. The van der Waals surface area contributed by atoms with Gasteiger partial charge in [0.15, 0.2) is 16.9 Å². The maximum absolute atomic E-state index is 13.4. The van der Waals surface area contributed by atoms with Crippen molar-refractivity contribution < 1.29 is 23.0 Å². The summed E-state index contributed by atoms with van der Waals surface area (Å²) in [5, 5.41) is 5.08. The van der Waals surface area contributed by atoms with Crippen molar-refractivity contribution in [3.63, 3.8) is 0 Å². The summed E-state index contributed by atoms with van der Waals surface area (Å²) in [6.45, 7) is 4.51. The van der Waals surface area contributed by atoms with Gasteiger partial charge in [-0.15, -0.1) is 4.73 Å². The molecule has 0 amide bonds. The van der Waals surface area contributed by atoms with Crippen LogP contribution in [0.4, 0.5) is 4.39 Å². The zero-order valence-electron chi connectivity index (χ0n) is 18.3. The van der Waals surface area contributed by atoms with Crippen LogP contribution in [0.1, 0.15) is 48.2 Å². The Morgan fingerprint density at radius 3 is 2.79 bits per heavy atom. The molecule has 3 heterocycles. The summed E-state index contributed by atoms with van der Waals surface area (Å²) in [6.07, 6.45) is 2.65. The molecular formula is C24H24FN3O5. The minimum absolute atomic E-state index is 0.0948. The smallest absolute Gasteiger partial charge is 0.408 e. The van der Waals surface area contributed by atoms with E-state index in [-0.39, 0.29) is 11.6 Å². The van der Waals surface area contributed by atoms with Crippen molar-refractivity contribution in [1.29, 1.82) is 0 Å². The SMILES string of the molecule is CC(=O)c1ccc2c(c1)oc(=O)n2OCCCN1CCC(c2noc3cc(F)ccc23)CC1. The molecule has 0 bridgehead atoms. The quantitative estimate of drug-likeness (QED) is 0.311. The van der Waals surface area contributed by atoms with Crippen molar-refractivity contribution >= 4 is 27.9 Å². The van der Waals surface area contributed by atoms with E-state index in [9.17, 15) is 14.0 Å². The van der Waals surface area contributed by atoms with E-state index in [1.165, 1.54) is 19.1 Å². The van der Waals surface area contributed by atoms with Gasteiger partial charge in [0.05, 0.1) is 5.69 Å². The molecule has 2 aromatic heterocycles. The van der Waals surface area contributed by atoms with Gasteiger partial charge < -0.3 is 18.7 Å². The highest BCUT2D eigenvalue weighted by atomic mass is 19.1. The largest absolute Gasteiger partial charge is 0.453 e. The first-order valence-electron chi connectivity index (χ1n) is 11.1. The van der Waals surface area contributed by atoms with Gasteiger partial charge in [0, 0.05) is 29.5 Å². The van der Waals surface area contributed by atoms with E-state index in [1.54, 1.807) is 24.3 Å². The number of ketones is 1. The third kappa shape index (κ3) is 4.28. The van der Waals surface area contributed by atoms with Crippen LogP contribution in [-0.4, -0.2) is 46.8 Å². The number of hydrogen-bond acceptors (Lipinski definition) is 7. The predicted molar refractivity (Wildman–Crippen MR) is 119 cm³/mol. The molecule has 0 aliphatic carbocycles. The molecule has 1 fully saturated rings. The third-order valence-corrected chi connectivity index (χ3v) is 6.22. The lowest BCUT2D eigenvalue weighted by molar-refractivity contribution is 0.0894. The van der Waals surface area contributed by atoms with Crippen LogP contribution in [0, 0.1) is 5.82 Å². The first-order chi connectivity index (χ1) is 16.0. The Kier molecular flexibility index (Phi) is 5.72. The van der Waals surface area contributed by atoms with Gasteiger partial charge in [0.25, 0.3) is 0 Å². The van der Waals surface area contributed by atoms with Crippen LogP contribution in [0.3, 0.4) is 0 Å². The molecule has 0 saturated carbocycles. The summed E-state index contributed by atoms with van der Waals surface area (Å²) in [4.78, 5) is 31.7. The number of piperidine rings is 1. The number of Topliss-reactive ketones (excluding diaryl/α,β-unsaturated/α-hetero) is 1. The number of rotatable bonds is 7. The molecule has 9 heteroatoms. The van der Waals surface area contributed by atoms with E-state index in [4.69, 9.17) is 13.8 Å². The lowest BCUT2D eigenvalue weighted by Crippen LogP contribution is -2.35. The Balaban J connectivity index is 1.13. The minimum atomic E-state index is -0.605. The van der Waals surface area contributed by atoms with Gasteiger partial charge >= 0.3 is 5.76 Å².